The minimum absolute atomic E-state index is 0.0498. The molecular weight excluding hydrogens is 188 g/mol. The smallest absolute Gasteiger partial charge is 0.240 e. The van der Waals surface area contributed by atoms with Crippen LogP contribution in [0.5, 0.6) is 0 Å². The zero-order valence-corrected chi connectivity index (χ0v) is 10.5. The van der Waals surface area contributed by atoms with Crippen molar-refractivity contribution in [1.29, 1.82) is 5.26 Å². The number of rotatable bonds is 5. The Bertz CT molecular complexity index is 253. The van der Waals surface area contributed by atoms with E-state index in [1.165, 1.54) is 0 Å². The van der Waals surface area contributed by atoms with Gasteiger partial charge in [-0.25, -0.2) is 0 Å². The van der Waals surface area contributed by atoms with Crippen LogP contribution in [-0.2, 0) is 4.79 Å². The molecule has 0 aliphatic heterocycles. The van der Waals surface area contributed by atoms with Crippen LogP contribution in [0.15, 0.2) is 0 Å². The summed E-state index contributed by atoms with van der Waals surface area (Å²) in [6.07, 6.45) is 2.41. The third-order valence-electron chi connectivity index (χ3n) is 3.14. The molecule has 0 rings (SSSR count). The normalized spacial score (nSPS) is 13.1. The van der Waals surface area contributed by atoms with E-state index >= 15 is 0 Å². The second-order valence-corrected chi connectivity index (χ2v) is 4.53. The van der Waals surface area contributed by atoms with Gasteiger partial charge in [0.15, 0.2) is 0 Å². The molecule has 86 valence electrons. The van der Waals surface area contributed by atoms with Crippen LogP contribution in [0.1, 0.15) is 47.0 Å². The number of carbonyl (C=O) groups excluding carboxylic acids is 1. The molecule has 0 bridgehead atoms. The average molecular weight is 210 g/mol. The van der Waals surface area contributed by atoms with Crippen LogP contribution in [0.3, 0.4) is 0 Å². The highest BCUT2D eigenvalue weighted by Crippen LogP contribution is 2.20. The molecule has 0 aliphatic rings. The Morgan fingerprint density at radius 2 is 2.00 bits per heavy atom. The second kappa shape index (κ2) is 5.75. The standard InChI is InChI=1S/C12H22N2O/c1-6-8-10(9-13)11(15)14(5)12(3,4)7-2/h10H,6-8H2,1-5H3. The number of hydrogen-bond donors (Lipinski definition) is 0. The molecule has 3 nitrogen and oxygen atoms in total. The number of nitrogens with zero attached hydrogens (tertiary/aromatic N) is 2. The highest BCUT2D eigenvalue weighted by atomic mass is 16.2. The van der Waals surface area contributed by atoms with Crippen molar-refractivity contribution in [2.75, 3.05) is 7.05 Å². The van der Waals surface area contributed by atoms with Crippen LogP contribution in [0.2, 0.25) is 0 Å². The molecule has 0 aromatic heterocycles. The van der Waals surface area contributed by atoms with Crippen LogP contribution in [0, 0.1) is 17.2 Å². The molecule has 0 fully saturated rings. The number of nitriles is 1. The van der Waals surface area contributed by atoms with E-state index in [1.54, 1.807) is 11.9 Å². The maximum Gasteiger partial charge on any atom is 0.240 e. The first kappa shape index (κ1) is 14.0. The Morgan fingerprint density at radius 1 is 1.47 bits per heavy atom. The summed E-state index contributed by atoms with van der Waals surface area (Å²) in [5.41, 5.74) is -0.167. The predicted molar refractivity (Wildman–Crippen MR) is 61.2 cm³/mol. The first-order valence-corrected chi connectivity index (χ1v) is 5.58. The molecule has 3 heteroatoms. The van der Waals surface area contributed by atoms with Crippen LogP contribution in [0.4, 0.5) is 0 Å². The largest absolute Gasteiger partial charge is 0.340 e. The summed E-state index contributed by atoms with van der Waals surface area (Å²) >= 11 is 0. The fourth-order valence-electron chi connectivity index (χ4n) is 1.30. The van der Waals surface area contributed by atoms with Gasteiger partial charge >= 0.3 is 0 Å². The molecule has 15 heavy (non-hydrogen) atoms. The molecule has 0 saturated heterocycles. The third-order valence-corrected chi connectivity index (χ3v) is 3.14. The van der Waals surface area contributed by atoms with Crippen molar-refractivity contribution < 1.29 is 4.79 Å². The molecule has 0 aromatic carbocycles. The summed E-state index contributed by atoms with van der Waals surface area (Å²) in [7, 11) is 1.78. The van der Waals surface area contributed by atoms with Gasteiger partial charge < -0.3 is 4.90 Å². The topological polar surface area (TPSA) is 44.1 Å². The first-order chi connectivity index (χ1) is 6.90. The van der Waals surface area contributed by atoms with Crippen molar-refractivity contribution in [3.8, 4) is 6.07 Å². The second-order valence-electron chi connectivity index (χ2n) is 4.53. The Labute approximate surface area is 93.1 Å². The van der Waals surface area contributed by atoms with Gasteiger partial charge in [0.1, 0.15) is 5.92 Å². The van der Waals surface area contributed by atoms with E-state index in [4.69, 9.17) is 5.26 Å². The molecule has 1 atom stereocenters. The van der Waals surface area contributed by atoms with E-state index in [9.17, 15) is 4.79 Å². The lowest BCUT2D eigenvalue weighted by molar-refractivity contribution is -0.137. The van der Waals surface area contributed by atoms with E-state index < -0.39 is 5.92 Å². The summed E-state index contributed by atoms with van der Waals surface area (Å²) in [6.45, 7) is 8.07. The van der Waals surface area contributed by atoms with Gasteiger partial charge in [-0.05, 0) is 26.7 Å². The Kier molecular flexibility index (Phi) is 5.35. The first-order valence-electron chi connectivity index (χ1n) is 5.58. The fraction of sp³-hybridized carbons (Fsp3) is 0.833. The molecule has 0 radical (unpaired) electrons. The lowest BCUT2D eigenvalue weighted by Crippen LogP contribution is -2.46. The summed E-state index contributed by atoms with van der Waals surface area (Å²) in [6, 6.07) is 2.09. The van der Waals surface area contributed by atoms with Crippen molar-refractivity contribution in [2.24, 2.45) is 5.92 Å². The summed E-state index contributed by atoms with van der Waals surface area (Å²) in [5, 5.41) is 8.92. The Morgan fingerprint density at radius 3 is 2.33 bits per heavy atom. The molecule has 0 heterocycles. The minimum Gasteiger partial charge on any atom is -0.340 e. The Balaban J connectivity index is 4.63. The van der Waals surface area contributed by atoms with Gasteiger partial charge in [-0.3, -0.25) is 4.79 Å². The Hall–Kier alpha value is -1.04. The molecule has 0 saturated carbocycles. The van der Waals surface area contributed by atoms with E-state index in [0.717, 1.165) is 12.8 Å². The molecule has 0 aliphatic carbocycles. The lowest BCUT2D eigenvalue weighted by Gasteiger charge is -2.36. The van der Waals surface area contributed by atoms with Crippen LogP contribution >= 0.6 is 0 Å². The van der Waals surface area contributed by atoms with E-state index in [-0.39, 0.29) is 11.4 Å². The maximum atomic E-state index is 12.0. The summed E-state index contributed by atoms with van der Waals surface area (Å²) in [5.74, 6) is -0.531. The van der Waals surface area contributed by atoms with Crippen molar-refractivity contribution in [2.45, 2.75) is 52.5 Å². The summed E-state index contributed by atoms with van der Waals surface area (Å²) in [4.78, 5) is 13.7. The quantitative estimate of drug-likeness (QED) is 0.700. The van der Waals surface area contributed by atoms with E-state index in [1.807, 2.05) is 27.7 Å². The zero-order valence-electron chi connectivity index (χ0n) is 10.5. The van der Waals surface area contributed by atoms with Crippen molar-refractivity contribution in [3.05, 3.63) is 0 Å². The monoisotopic (exact) mass is 210 g/mol. The minimum atomic E-state index is -0.481. The molecule has 0 spiro atoms. The molecule has 1 amide bonds. The van der Waals surface area contributed by atoms with Crippen LogP contribution < -0.4 is 0 Å². The van der Waals surface area contributed by atoms with Crippen LogP contribution in [0.25, 0.3) is 0 Å². The third kappa shape index (κ3) is 3.54. The van der Waals surface area contributed by atoms with Gasteiger partial charge in [-0.15, -0.1) is 0 Å². The van der Waals surface area contributed by atoms with Gasteiger partial charge in [-0.1, -0.05) is 20.3 Å². The average Bonchev–Trinajstić information content (AvgIpc) is 2.23. The van der Waals surface area contributed by atoms with Gasteiger partial charge in [-0.2, -0.15) is 5.26 Å². The van der Waals surface area contributed by atoms with Gasteiger partial charge in [0, 0.05) is 12.6 Å². The fourth-order valence-corrected chi connectivity index (χ4v) is 1.30. The predicted octanol–water partition coefficient (Wildman–Crippen LogP) is 2.57. The number of carbonyl (C=O) groups is 1. The lowest BCUT2D eigenvalue weighted by atomic mass is 9.96. The molecular formula is C12H22N2O. The van der Waals surface area contributed by atoms with E-state index in [2.05, 4.69) is 6.07 Å². The van der Waals surface area contributed by atoms with Crippen LogP contribution in [-0.4, -0.2) is 23.4 Å². The SMILES string of the molecule is CCCC(C#N)C(=O)N(C)C(C)(C)CC. The highest BCUT2D eigenvalue weighted by Gasteiger charge is 2.30. The summed E-state index contributed by atoms with van der Waals surface area (Å²) < 4.78 is 0. The maximum absolute atomic E-state index is 12.0. The molecule has 1 unspecified atom stereocenters. The van der Waals surface area contributed by atoms with Gasteiger partial charge in [0.25, 0.3) is 0 Å². The van der Waals surface area contributed by atoms with Crippen molar-refractivity contribution in [1.82, 2.24) is 4.90 Å². The van der Waals surface area contributed by atoms with Crippen molar-refractivity contribution in [3.63, 3.8) is 0 Å². The number of amides is 1. The van der Waals surface area contributed by atoms with Gasteiger partial charge in [0.05, 0.1) is 6.07 Å². The molecule has 0 N–H and O–H groups in total. The van der Waals surface area contributed by atoms with E-state index in [0.29, 0.717) is 6.42 Å². The zero-order chi connectivity index (χ0) is 12.1. The highest BCUT2D eigenvalue weighted by molar-refractivity contribution is 5.81. The molecule has 0 aromatic rings. The van der Waals surface area contributed by atoms with Gasteiger partial charge in [0.2, 0.25) is 5.91 Å². The van der Waals surface area contributed by atoms with Crippen molar-refractivity contribution >= 4 is 5.91 Å². The number of hydrogen-bond acceptors (Lipinski definition) is 2.